The minimum atomic E-state index is -1.46. The molecule has 0 aliphatic rings. The van der Waals surface area contributed by atoms with Gasteiger partial charge in [-0.3, -0.25) is 24.5 Å². The smallest absolute Gasteiger partial charge is 0.306 e. The van der Waals surface area contributed by atoms with Crippen molar-refractivity contribution >= 4 is 23.5 Å². The fraction of sp³-hybridized carbons (Fsp3) is 0.286. The monoisotopic (exact) mass is 449 g/mol. The van der Waals surface area contributed by atoms with E-state index >= 15 is 0 Å². The number of hydrogen-bond acceptors (Lipinski definition) is 6. The predicted molar refractivity (Wildman–Crippen MR) is 108 cm³/mol. The van der Waals surface area contributed by atoms with E-state index in [9.17, 15) is 33.3 Å². The standard InChI is InChI=1S/C21H21F2N3O6/c1-2-32-19(28)11-14(12-6-8-13(9-7-12)26(30)31)20(21(24)29)25-18(27)10-15-16(22)4-3-5-17(15)23/h3-9,14,20H,2,10-11H2,1H3,(H2,24,29)(H,25,27)/t14-,20+/m0/s1. The van der Waals surface area contributed by atoms with Gasteiger partial charge in [0, 0.05) is 23.6 Å². The lowest BCUT2D eigenvalue weighted by molar-refractivity contribution is -0.384. The first-order valence-electron chi connectivity index (χ1n) is 9.55. The molecule has 3 N–H and O–H groups in total. The Kier molecular flexibility index (Phi) is 8.33. The molecule has 2 rings (SSSR count). The Morgan fingerprint density at radius 2 is 1.72 bits per heavy atom. The van der Waals surface area contributed by atoms with Crippen molar-refractivity contribution in [2.24, 2.45) is 5.73 Å². The predicted octanol–water partition coefficient (Wildman–Crippen LogP) is 2.12. The summed E-state index contributed by atoms with van der Waals surface area (Å²) >= 11 is 0. The van der Waals surface area contributed by atoms with E-state index in [1.54, 1.807) is 6.92 Å². The van der Waals surface area contributed by atoms with Crippen LogP contribution in [-0.4, -0.2) is 35.4 Å². The maximum Gasteiger partial charge on any atom is 0.306 e. The number of primary amides is 1. The van der Waals surface area contributed by atoms with Crippen LogP contribution in [0.25, 0.3) is 0 Å². The molecule has 9 nitrogen and oxygen atoms in total. The number of carbonyl (C=O) groups excluding carboxylic acids is 3. The van der Waals surface area contributed by atoms with Gasteiger partial charge in [0.25, 0.3) is 5.69 Å². The number of nitrogens with zero attached hydrogens (tertiary/aromatic N) is 1. The van der Waals surface area contributed by atoms with Crippen molar-refractivity contribution in [2.75, 3.05) is 6.61 Å². The molecule has 0 saturated heterocycles. The molecule has 11 heteroatoms. The number of benzene rings is 2. The average Bonchev–Trinajstić information content (AvgIpc) is 2.73. The number of ether oxygens (including phenoxy) is 1. The van der Waals surface area contributed by atoms with Crippen LogP contribution in [0.15, 0.2) is 42.5 Å². The maximum atomic E-state index is 13.9. The number of hydrogen-bond donors (Lipinski definition) is 2. The Balaban J connectivity index is 2.33. The highest BCUT2D eigenvalue weighted by Crippen LogP contribution is 2.27. The first-order valence-corrected chi connectivity index (χ1v) is 9.55. The van der Waals surface area contributed by atoms with Gasteiger partial charge in [0.1, 0.15) is 17.7 Å². The topological polar surface area (TPSA) is 142 Å². The lowest BCUT2D eigenvalue weighted by atomic mass is 9.87. The third-order valence-electron chi connectivity index (χ3n) is 4.65. The lowest BCUT2D eigenvalue weighted by Crippen LogP contribution is -2.49. The number of nitro groups is 1. The van der Waals surface area contributed by atoms with Crippen LogP contribution >= 0.6 is 0 Å². The van der Waals surface area contributed by atoms with Crippen molar-refractivity contribution < 1.29 is 32.8 Å². The van der Waals surface area contributed by atoms with Gasteiger partial charge in [-0.15, -0.1) is 0 Å². The Morgan fingerprint density at radius 1 is 1.12 bits per heavy atom. The van der Waals surface area contributed by atoms with Gasteiger partial charge in [-0.05, 0) is 24.6 Å². The van der Waals surface area contributed by atoms with Crippen LogP contribution < -0.4 is 11.1 Å². The summed E-state index contributed by atoms with van der Waals surface area (Å²) in [6.07, 6.45) is -1.09. The van der Waals surface area contributed by atoms with E-state index in [4.69, 9.17) is 10.5 Å². The molecule has 0 aromatic heterocycles. The number of amides is 2. The molecule has 170 valence electrons. The highest BCUT2D eigenvalue weighted by atomic mass is 19.1. The number of nitro benzene ring substituents is 1. The van der Waals surface area contributed by atoms with Crippen LogP contribution in [0.2, 0.25) is 0 Å². The highest BCUT2D eigenvalue weighted by molar-refractivity contribution is 5.89. The van der Waals surface area contributed by atoms with Gasteiger partial charge in [0.15, 0.2) is 0 Å². The SMILES string of the molecule is CCOC(=O)C[C@@H](c1ccc([N+](=O)[O-])cc1)[C@@H](NC(=O)Cc1c(F)cccc1F)C(N)=O. The molecule has 0 bridgehead atoms. The summed E-state index contributed by atoms with van der Waals surface area (Å²) in [4.78, 5) is 47.0. The first-order chi connectivity index (χ1) is 15.1. The second-order valence-electron chi connectivity index (χ2n) is 6.79. The molecule has 2 amide bonds. The third kappa shape index (κ3) is 6.30. The van der Waals surface area contributed by atoms with Gasteiger partial charge in [0.05, 0.1) is 24.4 Å². The van der Waals surface area contributed by atoms with Gasteiger partial charge in [-0.25, -0.2) is 8.78 Å². The number of halogens is 2. The van der Waals surface area contributed by atoms with Gasteiger partial charge in [-0.1, -0.05) is 18.2 Å². The molecule has 0 saturated carbocycles. The Labute approximate surface area is 181 Å². The van der Waals surface area contributed by atoms with Crippen LogP contribution in [0.4, 0.5) is 14.5 Å². The fourth-order valence-electron chi connectivity index (χ4n) is 3.13. The summed E-state index contributed by atoms with van der Waals surface area (Å²) in [7, 11) is 0. The van der Waals surface area contributed by atoms with E-state index in [2.05, 4.69) is 5.32 Å². The minimum Gasteiger partial charge on any atom is -0.466 e. The van der Waals surface area contributed by atoms with E-state index in [-0.39, 0.29) is 18.7 Å². The number of non-ortho nitro benzene ring substituents is 1. The second kappa shape index (κ2) is 10.9. The van der Waals surface area contributed by atoms with Crippen molar-refractivity contribution in [1.82, 2.24) is 5.32 Å². The van der Waals surface area contributed by atoms with Gasteiger partial charge in [0.2, 0.25) is 11.8 Å². The molecule has 0 radical (unpaired) electrons. The molecule has 2 atom stereocenters. The zero-order valence-electron chi connectivity index (χ0n) is 17.0. The summed E-state index contributed by atoms with van der Waals surface area (Å²) in [5.74, 6) is -5.53. The Bertz CT molecular complexity index is 993. The van der Waals surface area contributed by atoms with Gasteiger partial charge < -0.3 is 15.8 Å². The van der Waals surface area contributed by atoms with E-state index in [1.807, 2.05) is 0 Å². The van der Waals surface area contributed by atoms with Gasteiger partial charge in [-0.2, -0.15) is 0 Å². The minimum absolute atomic E-state index is 0.0615. The summed E-state index contributed by atoms with van der Waals surface area (Å²) in [6.45, 7) is 1.64. The number of nitrogens with one attached hydrogen (secondary N) is 1. The fourth-order valence-corrected chi connectivity index (χ4v) is 3.13. The van der Waals surface area contributed by atoms with Crippen molar-refractivity contribution in [2.45, 2.75) is 31.7 Å². The molecule has 0 aliphatic heterocycles. The van der Waals surface area contributed by atoms with Crippen LogP contribution in [0.5, 0.6) is 0 Å². The molecular weight excluding hydrogens is 428 g/mol. The number of esters is 1. The molecular formula is C21H21F2N3O6. The van der Waals surface area contributed by atoms with Crippen LogP contribution in [-0.2, 0) is 25.5 Å². The average molecular weight is 449 g/mol. The van der Waals surface area contributed by atoms with Crippen LogP contribution in [0.1, 0.15) is 30.4 Å². The first kappa shape index (κ1) is 24.4. The zero-order chi connectivity index (χ0) is 23.8. The van der Waals surface area contributed by atoms with Crippen LogP contribution in [0.3, 0.4) is 0 Å². The molecule has 0 heterocycles. The van der Waals surface area contributed by atoms with E-state index in [0.717, 1.165) is 18.2 Å². The largest absolute Gasteiger partial charge is 0.466 e. The normalized spacial score (nSPS) is 12.5. The quantitative estimate of drug-likeness (QED) is 0.323. The van der Waals surface area contributed by atoms with E-state index in [1.165, 1.54) is 24.3 Å². The molecule has 2 aromatic carbocycles. The summed E-state index contributed by atoms with van der Waals surface area (Å²) in [6, 6.07) is 6.63. The van der Waals surface area contributed by atoms with Crippen molar-refractivity contribution in [1.29, 1.82) is 0 Å². The maximum absolute atomic E-state index is 13.9. The number of carbonyl (C=O) groups is 3. The van der Waals surface area contributed by atoms with Crippen LogP contribution in [0, 0.1) is 21.7 Å². The number of nitrogens with two attached hydrogens (primary N) is 1. The van der Waals surface area contributed by atoms with E-state index < -0.39 is 58.3 Å². The van der Waals surface area contributed by atoms with E-state index in [0.29, 0.717) is 5.56 Å². The van der Waals surface area contributed by atoms with Crippen molar-refractivity contribution in [3.8, 4) is 0 Å². The highest BCUT2D eigenvalue weighted by Gasteiger charge is 2.32. The Morgan fingerprint density at radius 3 is 2.22 bits per heavy atom. The van der Waals surface area contributed by atoms with Crippen molar-refractivity contribution in [3.05, 3.63) is 75.3 Å². The second-order valence-corrected chi connectivity index (χ2v) is 6.79. The molecule has 0 fully saturated rings. The molecule has 0 aliphatic carbocycles. The Hall–Kier alpha value is -3.89. The summed E-state index contributed by atoms with van der Waals surface area (Å²) in [5.41, 5.74) is 5.02. The molecule has 0 spiro atoms. The van der Waals surface area contributed by atoms with Crippen molar-refractivity contribution in [3.63, 3.8) is 0 Å². The third-order valence-corrected chi connectivity index (χ3v) is 4.65. The lowest BCUT2D eigenvalue weighted by Gasteiger charge is -2.25. The molecule has 2 aromatic rings. The zero-order valence-corrected chi connectivity index (χ0v) is 17.0. The molecule has 32 heavy (non-hydrogen) atoms. The molecule has 0 unspecified atom stereocenters. The van der Waals surface area contributed by atoms with Gasteiger partial charge >= 0.3 is 5.97 Å². The number of rotatable bonds is 10. The summed E-state index contributed by atoms with van der Waals surface area (Å²) in [5, 5.41) is 13.2. The summed E-state index contributed by atoms with van der Waals surface area (Å²) < 4.78 is 32.6.